The number of nitrogens with zero attached hydrogens (tertiary/aromatic N) is 2. The molecule has 1 aromatic carbocycles. The van der Waals surface area contributed by atoms with Gasteiger partial charge >= 0.3 is 0 Å². The fourth-order valence-corrected chi connectivity index (χ4v) is 3.61. The molecule has 0 spiro atoms. The second kappa shape index (κ2) is 8.41. The molecular weight excluding hydrogens is 328 g/mol. The second-order valence-corrected chi connectivity index (χ2v) is 6.49. The molecule has 5 heteroatoms. The van der Waals surface area contributed by atoms with Gasteiger partial charge in [0.05, 0.1) is 31.5 Å². The summed E-state index contributed by atoms with van der Waals surface area (Å²) < 4.78 is 17.0. The number of hydrogen-bond donors (Lipinski definition) is 0. The van der Waals surface area contributed by atoms with E-state index in [0.29, 0.717) is 6.61 Å². The van der Waals surface area contributed by atoms with Gasteiger partial charge in [-0.2, -0.15) is 0 Å². The zero-order chi connectivity index (χ0) is 18.5. The molecule has 1 atom stereocenters. The molecule has 1 aromatic heterocycles. The van der Waals surface area contributed by atoms with Gasteiger partial charge in [-0.15, -0.1) is 0 Å². The van der Waals surface area contributed by atoms with Gasteiger partial charge in [0.15, 0.2) is 0 Å². The Balaban J connectivity index is 1.97. The number of fused-ring (bicyclic) bond motifs is 1. The Labute approximate surface area is 155 Å². The summed E-state index contributed by atoms with van der Waals surface area (Å²) in [5.41, 5.74) is 2.83. The third-order valence-corrected chi connectivity index (χ3v) is 4.77. The summed E-state index contributed by atoms with van der Waals surface area (Å²) in [4.78, 5) is 7.28. The number of ether oxygens (including phenoxy) is 3. The highest BCUT2D eigenvalue weighted by Crippen LogP contribution is 2.41. The highest BCUT2D eigenvalue weighted by atomic mass is 16.5. The van der Waals surface area contributed by atoms with Crippen LogP contribution in [-0.4, -0.2) is 43.8 Å². The van der Waals surface area contributed by atoms with E-state index in [2.05, 4.69) is 24.8 Å². The maximum atomic E-state index is 5.96. The number of rotatable bonds is 8. The van der Waals surface area contributed by atoms with E-state index in [1.165, 1.54) is 5.56 Å². The summed E-state index contributed by atoms with van der Waals surface area (Å²) in [6.45, 7) is 7.24. The minimum absolute atomic E-state index is 0.283. The molecule has 2 heterocycles. The minimum atomic E-state index is 0.283. The summed E-state index contributed by atoms with van der Waals surface area (Å²) in [5, 5.41) is 0. The van der Waals surface area contributed by atoms with Crippen molar-refractivity contribution in [2.24, 2.45) is 0 Å². The van der Waals surface area contributed by atoms with E-state index in [1.54, 1.807) is 14.2 Å². The Morgan fingerprint density at radius 3 is 2.27 bits per heavy atom. The van der Waals surface area contributed by atoms with Gasteiger partial charge in [0, 0.05) is 5.56 Å². The lowest BCUT2D eigenvalue weighted by Crippen LogP contribution is -2.31. The fraction of sp³-hybridized carbons (Fsp3) is 0.476. The van der Waals surface area contributed by atoms with Crippen LogP contribution in [0.25, 0.3) is 11.3 Å². The number of pyridine rings is 1. The third-order valence-electron chi connectivity index (χ3n) is 4.77. The summed E-state index contributed by atoms with van der Waals surface area (Å²) in [5.74, 6) is 2.20. The van der Waals surface area contributed by atoms with E-state index >= 15 is 0 Å². The van der Waals surface area contributed by atoms with Crippen molar-refractivity contribution < 1.29 is 14.2 Å². The molecule has 0 aliphatic carbocycles. The predicted octanol–water partition coefficient (Wildman–Crippen LogP) is 4.32. The van der Waals surface area contributed by atoms with Gasteiger partial charge in [0.25, 0.3) is 0 Å². The molecule has 0 saturated heterocycles. The van der Waals surface area contributed by atoms with Crippen molar-refractivity contribution in [2.75, 3.05) is 33.9 Å². The lowest BCUT2D eigenvalue weighted by Gasteiger charge is -2.27. The normalized spacial score (nSPS) is 15.7. The molecule has 26 heavy (non-hydrogen) atoms. The highest BCUT2D eigenvalue weighted by Gasteiger charge is 2.30. The predicted molar refractivity (Wildman–Crippen MR) is 103 cm³/mol. The van der Waals surface area contributed by atoms with Crippen LogP contribution in [0, 0.1) is 0 Å². The van der Waals surface area contributed by atoms with Gasteiger partial charge in [-0.3, -0.25) is 4.90 Å². The third kappa shape index (κ3) is 3.49. The van der Waals surface area contributed by atoms with Gasteiger partial charge in [-0.05, 0) is 50.2 Å². The van der Waals surface area contributed by atoms with E-state index in [-0.39, 0.29) is 6.04 Å². The summed E-state index contributed by atoms with van der Waals surface area (Å²) in [6, 6.07) is 10.2. The van der Waals surface area contributed by atoms with Crippen molar-refractivity contribution in [1.82, 2.24) is 9.88 Å². The Morgan fingerprint density at radius 1 is 1.04 bits per heavy atom. The van der Waals surface area contributed by atoms with E-state index in [4.69, 9.17) is 19.2 Å². The maximum Gasteiger partial charge on any atom is 0.218 e. The van der Waals surface area contributed by atoms with E-state index < -0.39 is 0 Å². The molecule has 3 rings (SSSR count). The zero-order valence-corrected chi connectivity index (χ0v) is 16.1. The SMILES string of the molecule is CCCN(CCC)C1COc2nc(-c3c(OC)cccc3OC)ccc21. The van der Waals surface area contributed by atoms with Crippen molar-refractivity contribution >= 4 is 0 Å². The van der Waals surface area contributed by atoms with Gasteiger partial charge in [-0.1, -0.05) is 19.9 Å². The first-order chi connectivity index (χ1) is 12.7. The number of benzene rings is 1. The fourth-order valence-electron chi connectivity index (χ4n) is 3.61. The van der Waals surface area contributed by atoms with Crippen molar-refractivity contribution in [3.05, 3.63) is 35.9 Å². The van der Waals surface area contributed by atoms with Crippen LogP contribution in [0.5, 0.6) is 17.4 Å². The largest absolute Gasteiger partial charge is 0.496 e. The maximum absolute atomic E-state index is 5.96. The van der Waals surface area contributed by atoms with Crippen LogP contribution in [0.2, 0.25) is 0 Å². The first kappa shape index (κ1) is 18.5. The molecule has 0 N–H and O–H groups in total. The summed E-state index contributed by atoms with van der Waals surface area (Å²) in [7, 11) is 3.32. The standard InChI is InChI=1S/C21H28N2O3/c1-5-12-23(13-6-2)17-14-26-21-15(17)10-11-16(22-21)20-18(24-3)8-7-9-19(20)25-4/h7-11,17H,5-6,12-14H2,1-4H3. The molecule has 0 amide bonds. The Bertz CT molecular complexity index is 720. The van der Waals surface area contributed by atoms with Gasteiger partial charge in [0.1, 0.15) is 18.1 Å². The molecule has 0 fully saturated rings. The first-order valence-electron chi connectivity index (χ1n) is 9.32. The highest BCUT2D eigenvalue weighted by molar-refractivity contribution is 5.75. The van der Waals surface area contributed by atoms with Gasteiger partial charge in [-0.25, -0.2) is 4.98 Å². The van der Waals surface area contributed by atoms with E-state index in [9.17, 15) is 0 Å². The van der Waals surface area contributed by atoms with Crippen molar-refractivity contribution in [2.45, 2.75) is 32.7 Å². The quantitative estimate of drug-likeness (QED) is 0.705. The number of hydrogen-bond acceptors (Lipinski definition) is 5. The number of aromatic nitrogens is 1. The minimum Gasteiger partial charge on any atom is -0.496 e. The first-order valence-corrected chi connectivity index (χ1v) is 9.32. The summed E-state index contributed by atoms with van der Waals surface area (Å²) >= 11 is 0. The Kier molecular flexibility index (Phi) is 5.99. The summed E-state index contributed by atoms with van der Waals surface area (Å²) in [6.07, 6.45) is 2.27. The topological polar surface area (TPSA) is 43.8 Å². The second-order valence-electron chi connectivity index (χ2n) is 6.49. The molecule has 1 unspecified atom stereocenters. The molecule has 140 valence electrons. The van der Waals surface area contributed by atoms with E-state index in [1.807, 2.05) is 24.3 Å². The molecule has 0 radical (unpaired) electrons. The van der Waals surface area contributed by atoms with Crippen LogP contribution in [0.4, 0.5) is 0 Å². The van der Waals surface area contributed by atoms with Crippen LogP contribution < -0.4 is 14.2 Å². The van der Waals surface area contributed by atoms with Crippen molar-refractivity contribution in [1.29, 1.82) is 0 Å². The lowest BCUT2D eigenvalue weighted by atomic mass is 10.0. The van der Waals surface area contributed by atoms with Gasteiger partial charge in [0.2, 0.25) is 5.88 Å². The van der Waals surface area contributed by atoms with Crippen LogP contribution >= 0.6 is 0 Å². The smallest absolute Gasteiger partial charge is 0.218 e. The van der Waals surface area contributed by atoms with Gasteiger partial charge < -0.3 is 14.2 Å². The molecular formula is C21H28N2O3. The van der Waals surface area contributed by atoms with Crippen molar-refractivity contribution in [3.8, 4) is 28.6 Å². The Morgan fingerprint density at radius 2 is 1.69 bits per heavy atom. The van der Waals surface area contributed by atoms with E-state index in [0.717, 1.165) is 54.6 Å². The van der Waals surface area contributed by atoms with Crippen molar-refractivity contribution in [3.63, 3.8) is 0 Å². The molecule has 1 aliphatic heterocycles. The molecule has 5 nitrogen and oxygen atoms in total. The molecule has 2 aromatic rings. The van der Waals surface area contributed by atoms with Crippen LogP contribution in [0.3, 0.4) is 0 Å². The van der Waals surface area contributed by atoms with Crippen LogP contribution in [-0.2, 0) is 0 Å². The Hall–Kier alpha value is -2.27. The number of methoxy groups -OCH3 is 2. The van der Waals surface area contributed by atoms with Crippen LogP contribution in [0.1, 0.15) is 38.3 Å². The monoisotopic (exact) mass is 356 g/mol. The average molecular weight is 356 g/mol. The molecule has 1 aliphatic rings. The average Bonchev–Trinajstić information content (AvgIpc) is 3.10. The van der Waals surface area contributed by atoms with Crippen LogP contribution in [0.15, 0.2) is 30.3 Å². The zero-order valence-electron chi connectivity index (χ0n) is 16.1. The molecule has 0 bridgehead atoms. The molecule has 0 saturated carbocycles. The lowest BCUT2D eigenvalue weighted by molar-refractivity contribution is 0.162.